The third-order valence-electron chi connectivity index (χ3n) is 1.49. The van der Waals surface area contributed by atoms with Gasteiger partial charge in [0, 0.05) is 0 Å². The van der Waals surface area contributed by atoms with Crippen molar-refractivity contribution in [1.82, 2.24) is 14.6 Å². The summed E-state index contributed by atoms with van der Waals surface area (Å²) in [5.74, 6) is 0. The van der Waals surface area contributed by atoms with E-state index in [-0.39, 0.29) is 22.6 Å². The van der Waals surface area contributed by atoms with Gasteiger partial charge in [0.25, 0.3) is 0 Å². The zero-order chi connectivity index (χ0) is 9.14. The zero-order valence-corrected chi connectivity index (χ0v) is 6.23. The summed E-state index contributed by atoms with van der Waals surface area (Å²) < 4.78 is 1.94. The number of hydrogen-bond donors (Lipinski definition) is 3. The van der Waals surface area contributed by atoms with E-state index in [1.54, 1.807) is 0 Å². The van der Waals surface area contributed by atoms with Crippen LogP contribution in [0, 0.1) is 0 Å². The van der Waals surface area contributed by atoms with Gasteiger partial charge in [-0.1, -0.05) is 0 Å². The van der Waals surface area contributed by atoms with E-state index >= 15 is 0 Å². The van der Waals surface area contributed by atoms with Gasteiger partial charge in [0.1, 0.15) is 0 Å². The molecule has 0 unspecified atom stereocenters. The van der Waals surface area contributed by atoms with E-state index < -0.39 is 12.2 Å². The Bertz CT molecular complexity index is 192. The molecule has 0 radical (unpaired) electrons. The van der Waals surface area contributed by atoms with Gasteiger partial charge in [-0.3, -0.25) is 0 Å². The van der Waals surface area contributed by atoms with Gasteiger partial charge < -0.3 is 24.8 Å². The Balaban J connectivity index is 2.51. The minimum atomic E-state index is -1.13. The van der Waals surface area contributed by atoms with E-state index in [0.717, 1.165) is 9.44 Å². The Morgan fingerprint density at radius 3 is 1.83 bits per heavy atom. The maximum Gasteiger partial charge on any atom is 0.384 e. The van der Waals surface area contributed by atoms with Crippen molar-refractivity contribution < 1.29 is 19.8 Å². The molecule has 1 rings (SSSR count). The predicted octanol–water partition coefficient (Wildman–Crippen LogP) is -2.65. The zero-order valence-electron chi connectivity index (χ0n) is 6.23. The Hall–Kier alpha value is -1.31. The van der Waals surface area contributed by atoms with Crippen LogP contribution < -0.4 is 5.14 Å². The van der Waals surface area contributed by atoms with E-state index in [1.165, 1.54) is 0 Å². The third kappa shape index (κ3) is 1.85. The molecule has 1 fully saturated rings. The van der Waals surface area contributed by atoms with Crippen LogP contribution in [-0.2, 0) is 0 Å². The first kappa shape index (κ1) is 8.79. The molecule has 10 heteroatoms. The molecular weight excluding hydrogens is 162 g/mol. The van der Waals surface area contributed by atoms with Crippen molar-refractivity contribution >= 4 is 34.8 Å². The van der Waals surface area contributed by atoms with Crippen LogP contribution in [0.2, 0.25) is 0 Å². The average molecular weight is 169 g/mol. The van der Waals surface area contributed by atoms with E-state index in [1.807, 2.05) is 0 Å². The van der Waals surface area contributed by atoms with Crippen molar-refractivity contribution in [3.05, 3.63) is 0 Å². The maximum atomic E-state index is 10.4. The van der Waals surface area contributed by atoms with Gasteiger partial charge in [0.2, 0.25) is 0 Å². The first-order valence-corrected chi connectivity index (χ1v) is 3.27. The standard InChI is InChI=1S/C2H6B3N3O4/c9-1(10)7-3-6-4-8(5-7)2(11)12/h3-6H,(H,9,10)(H,11,12). The molecule has 0 spiro atoms. The molecule has 2 amide bonds. The fourth-order valence-corrected chi connectivity index (χ4v) is 0.882. The lowest BCUT2D eigenvalue weighted by Gasteiger charge is -2.29. The van der Waals surface area contributed by atoms with Crippen molar-refractivity contribution in [3.63, 3.8) is 0 Å². The van der Waals surface area contributed by atoms with Gasteiger partial charge in [-0.25, -0.2) is 9.59 Å². The molecule has 0 aromatic heterocycles. The van der Waals surface area contributed by atoms with Crippen LogP contribution in [-0.4, -0.2) is 54.5 Å². The van der Waals surface area contributed by atoms with Crippen molar-refractivity contribution in [2.45, 2.75) is 0 Å². The molecule has 7 nitrogen and oxygen atoms in total. The molecule has 62 valence electrons. The molecule has 0 saturated carbocycles. The first-order chi connectivity index (χ1) is 5.61. The van der Waals surface area contributed by atoms with E-state index in [0.29, 0.717) is 0 Å². The molecule has 0 bridgehead atoms. The largest absolute Gasteiger partial charge is 0.467 e. The fraction of sp³-hybridized carbons (Fsp3) is 0. The topological polar surface area (TPSA) is 93.1 Å². The SMILES string of the molecule is O=C(O)N1BNBN(C(=O)O)B1. The summed E-state index contributed by atoms with van der Waals surface area (Å²) in [6, 6.07) is 0. The molecule has 1 aliphatic heterocycles. The van der Waals surface area contributed by atoms with Crippen LogP contribution in [0.15, 0.2) is 0 Å². The molecule has 0 aliphatic carbocycles. The lowest BCUT2D eigenvalue weighted by atomic mass is 9.78. The second kappa shape index (κ2) is 3.39. The normalized spacial score (nSPS) is 15.7. The number of rotatable bonds is 0. The Morgan fingerprint density at radius 2 is 1.50 bits per heavy atom. The van der Waals surface area contributed by atoms with Gasteiger partial charge in [0.05, 0.1) is 0 Å². The highest BCUT2D eigenvalue weighted by Gasteiger charge is 2.27. The van der Waals surface area contributed by atoms with Crippen molar-refractivity contribution in [2.75, 3.05) is 0 Å². The minimum absolute atomic E-state index is 0.0995. The summed E-state index contributed by atoms with van der Waals surface area (Å²) in [7, 11) is 0.232. The smallest absolute Gasteiger partial charge is 0.384 e. The quantitative estimate of drug-likeness (QED) is 0.344. The average Bonchev–Trinajstić information content (AvgIpc) is 2.04. The van der Waals surface area contributed by atoms with Gasteiger partial charge in [-0.2, -0.15) is 0 Å². The number of hydrogen-bond acceptors (Lipinski definition) is 3. The fourth-order valence-electron chi connectivity index (χ4n) is 0.882. The Morgan fingerprint density at radius 1 is 1.08 bits per heavy atom. The Labute approximate surface area is 70.2 Å². The minimum Gasteiger partial charge on any atom is -0.467 e. The van der Waals surface area contributed by atoms with Crippen LogP contribution in [0.4, 0.5) is 9.59 Å². The van der Waals surface area contributed by atoms with E-state index in [2.05, 4.69) is 5.14 Å². The van der Waals surface area contributed by atoms with Gasteiger partial charge in [0.15, 0.2) is 0 Å². The molecular formula is C2H6B3N3O4. The number of nitrogens with one attached hydrogen (secondary N) is 1. The van der Waals surface area contributed by atoms with Crippen LogP contribution in [0.1, 0.15) is 0 Å². The van der Waals surface area contributed by atoms with Crippen LogP contribution >= 0.6 is 0 Å². The second-order valence-corrected chi connectivity index (χ2v) is 2.35. The first-order valence-electron chi connectivity index (χ1n) is 3.27. The Kier molecular flexibility index (Phi) is 2.49. The molecule has 3 N–H and O–H groups in total. The monoisotopic (exact) mass is 169 g/mol. The van der Waals surface area contributed by atoms with Crippen molar-refractivity contribution in [1.29, 1.82) is 0 Å². The lowest BCUT2D eigenvalue weighted by molar-refractivity contribution is 0.180. The van der Waals surface area contributed by atoms with Crippen molar-refractivity contribution in [3.8, 4) is 0 Å². The molecule has 0 atom stereocenters. The van der Waals surface area contributed by atoms with Gasteiger partial charge in [-0.15, -0.1) is 0 Å². The van der Waals surface area contributed by atoms with Gasteiger partial charge >= 0.3 is 34.8 Å². The van der Waals surface area contributed by atoms with Crippen LogP contribution in [0.25, 0.3) is 0 Å². The molecule has 1 saturated heterocycles. The highest BCUT2D eigenvalue weighted by atomic mass is 16.4. The number of carboxylic acid groups (broad SMARTS) is 2. The van der Waals surface area contributed by atoms with E-state index in [4.69, 9.17) is 10.2 Å². The second-order valence-electron chi connectivity index (χ2n) is 2.35. The summed E-state index contributed by atoms with van der Waals surface area (Å²) in [5.41, 5.74) is 0. The van der Waals surface area contributed by atoms with Crippen LogP contribution in [0.5, 0.6) is 0 Å². The van der Waals surface area contributed by atoms with Crippen molar-refractivity contribution in [2.24, 2.45) is 0 Å². The highest BCUT2D eigenvalue weighted by molar-refractivity contribution is 6.70. The molecule has 0 aromatic rings. The summed E-state index contributed by atoms with van der Waals surface area (Å²) in [6.07, 6.45) is -2.26. The number of nitrogens with zero attached hydrogens (tertiary/aromatic N) is 2. The number of amides is 2. The van der Waals surface area contributed by atoms with Gasteiger partial charge in [-0.05, 0) is 0 Å². The summed E-state index contributed by atoms with van der Waals surface area (Å²) in [6.45, 7) is 0. The lowest BCUT2D eigenvalue weighted by Crippen LogP contribution is -2.62. The molecule has 12 heavy (non-hydrogen) atoms. The number of carbonyl (C=O) groups is 2. The highest BCUT2D eigenvalue weighted by Crippen LogP contribution is 1.93. The summed E-state index contributed by atoms with van der Waals surface area (Å²) in [5, 5.41) is 19.6. The third-order valence-corrected chi connectivity index (χ3v) is 1.49. The predicted molar refractivity (Wildman–Crippen MR) is 44.3 cm³/mol. The molecule has 0 aromatic carbocycles. The van der Waals surface area contributed by atoms with Crippen LogP contribution in [0.3, 0.4) is 0 Å². The maximum absolute atomic E-state index is 10.4. The molecule has 1 heterocycles. The van der Waals surface area contributed by atoms with E-state index in [9.17, 15) is 9.59 Å². The summed E-state index contributed by atoms with van der Waals surface area (Å²) in [4.78, 5) is 20.8. The molecule has 1 aliphatic rings. The summed E-state index contributed by atoms with van der Waals surface area (Å²) >= 11 is 0.